The third-order valence-electron chi connectivity index (χ3n) is 3.54. The minimum Gasteiger partial charge on any atom is -0.508 e. The van der Waals surface area contributed by atoms with Crippen molar-refractivity contribution in [2.45, 2.75) is 25.1 Å². The van der Waals surface area contributed by atoms with E-state index in [1.54, 1.807) is 23.1 Å². The highest BCUT2D eigenvalue weighted by Crippen LogP contribution is 2.26. The molecule has 0 spiro atoms. The number of hydrogen-bond donors (Lipinski definition) is 2. The number of hydrogen-bond acceptors (Lipinski definition) is 4. The van der Waals surface area contributed by atoms with Gasteiger partial charge in [-0.15, -0.1) is 0 Å². The van der Waals surface area contributed by atoms with Crippen molar-refractivity contribution in [2.24, 2.45) is 0 Å². The molecule has 0 aromatic heterocycles. The average molecular weight is 248 g/mol. The third kappa shape index (κ3) is 2.01. The van der Waals surface area contributed by atoms with Gasteiger partial charge in [0, 0.05) is 13.1 Å². The average Bonchev–Trinajstić information content (AvgIpc) is 2.66. The molecule has 18 heavy (non-hydrogen) atoms. The Balaban J connectivity index is 1.77. The van der Waals surface area contributed by atoms with Crippen LogP contribution in [0.15, 0.2) is 24.3 Å². The lowest BCUT2D eigenvalue weighted by atomic mass is 10.0. The van der Waals surface area contributed by atoms with Gasteiger partial charge in [0.15, 0.2) is 0 Å². The zero-order valence-electron chi connectivity index (χ0n) is 10.0. The van der Waals surface area contributed by atoms with Crippen LogP contribution in [-0.2, 0) is 11.3 Å². The Kier molecular flexibility index (Phi) is 2.83. The van der Waals surface area contributed by atoms with Crippen molar-refractivity contribution in [3.8, 4) is 5.75 Å². The first kappa shape index (κ1) is 11.3. The molecule has 5 nitrogen and oxygen atoms in total. The molecule has 2 saturated heterocycles. The van der Waals surface area contributed by atoms with Gasteiger partial charge in [0.1, 0.15) is 11.9 Å². The topological polar surface area (TPSA) is 61.8 Å². The van der Waals surface area contributed by atoms with Gasteiger partial charge < -0.3 is 15.2 Å². The molecule has 0 bridgehead atoms. The second-order valence-corrected chi connectivity index (χ2v) is 4.78. The van der Waals surface area contributed by atoms with Gasteiger partial charge in [-0.25, -0.2) is 4.79 Å². The Hall–Kier alpha value is -1.75. The Labute approximate surface area is 105 Å². The lowest BCUT2D eigenvalue weighted by Gasteiger charge is -2.28. The number of phenolic OH excluding ortho intramolecular Hbond substituents is 1. The molecular formula is C13H16N2O3. The highest BCUT2D eigenvalue weighted by Gasteiger charge is 2.42. The molecular weight excluding hydrogens is 232 g/mol. The van der Waals surface area contributed by atoms with Crippen LogP contribution in [0.3, 0.4) is 0 Å². The van der Waals surface area contributed by atoms with Crippen molar-refractivity contribution in [2.75, 3.05) is 13.1 Å². The lowest BCUT2D eigenvalue weighted by Crippen LogP contribution is -2.48. The summed E-state index contributed by atoms with van der Waals surface area (Å²) in [6.45, 7) is 2.15. The molecule has 2 aliphatic rings. The maximum Gasteiger partial charge on any atom is 0.410 e. The summed E-state index contributed by atoms with van der Waals surface area (Å²) in [5.74, 6) is 0.221. The summed E-state index contributed by atoms with van der Waals surface area (Å²) in [5.41, 5.74) is 0.915. The molecule has 0 saturated carbocycles. The second kappa shape index (κ2) is 4.49. The monoisotopic (exact) mass is 248 g/mol. The largest absolute Gasteiger partial charge is 0.508 e. The summed E-state index contributed by atoms with van der Waals surface area (Å²) >= 11 is 0. The minimum atomic E-state index is -0.253. The Morgan fingerprint density at radius 2 is 2.39 bits per heavy atom. The van der Waals surface area contributed by atoms with E-state index in [1.165, 1.54) is 0 Å². The van der Waals surface area contributed by atoms with E-state index in [9.17, 15) is 9.90 Å². The van der Waals surface area contributed by atoms with Gasteiger partial charge in [-0.3, -0.25) is 4.90 Å². The number of ether oxygens (including phenoxy) is 1. The quantitative estimate of drug-likeness (QED) is 0.822. The van der Waals surface area contributed by atoms with Crippen LogP contribution in [0, 0.1) is 0 Å². The van der Waals surface area contributed by atoms with Crippen LogP contribution in [0.5, 0.6) is 5.75 Å². The molecule has 5 heteroatoms. The number of phenols is 1. The molecule has 3 rings (SSSR count). The van der Waals surface area contributed by atoms with E-state index in [4.69, 9.17) is 4.74 Å². The molecule has 2 heterocycles. The Morgan fingerprint density at radius 1 is 1.50 bits per heavy atom. The predicted octanol–water partition coefficient (Wildman–Crippen LogP) is 1.07. The molecule has 0 radical (unpaired) electrons. The smallest absolute Gasteiger partial charge is 0.410 e. The normalized spacial score (nSPS) is 26.9. The van der Waals surface area contributed by atoms with Crippen molar-refractivity contribution in [1.82, 2.24) is 10.2 Å². The van der Waals surface area contributed by atoms with Crippen molar-refractivity contribution < 1.29 is 14.6 Å². The fraction of sp³-hybridized carbons (Fsp3) is 0.462. The first-order valence-electron chi connectivity index (χ1n) is 6.20. The standard InChI is InChI=1S/C13H16N2O3/c16-10-3-1-2-9(6-10)8-15-11-7-14-5-4-12(11)18-13(15)17/h1-3,6,11-12,14,16H,4-5,7-8H2. The van der Waals surface area contributed by atoms with Crippen LogP contribution >= 0.6 is 0 Å². The highest BCUT2D eigenvalue weighted by atomic mass is 16.6. The fourth-order valence-electron chi connectivity index (χ4n) is 2.63. The molecule has 2 fully saturated rings. The number of amides is 1. The summed E-state index contributed by atoms with van der Waals surface area (Å²) < 4.78 is 5.36. The Morgan fingerprint density at radius 3 is 3.22 bits per heavy atom. The molecule has 1 amide bonds. The van der Waals surface area contributed by atoms with Crippen molar-refractivity contribution in [3.63, 3.8) is 0 Å². The first-order valence-corrected chi connectivity index (χ1v) is 6.20. The van der Waals surface area contributed by atoms with E-state index in [2.05, 4.69) is 5.32 Å². The van der Waals surface area contributed by atoms with Crippen LogP contribution in [0.25, 0.3) is 0 Å². The van der Waals surface area contributed by atoms with E-state index in [0.717, 1.165) is 25.1 Å². The van der Waals surface area contributed by atoms with Crippen LogP contribution < -0.4 is 5.32 Å². The molecule has 2 aliphatic heterocycles. The number of carbonyl (C=O) groups excluding carboxylic acids is 1. The number of carbonyl (C=O) groups is 1. The predicted molar refractivity (Wildman–Crippen MR) is 65.2 cm³/mol. The summed E-state index contributed by atoms with van der Waals surface area (Å²) in [6, 6.07) is 7.08. The zero-order chi connectivity index (χ0) is 12.5. The fourth-order valence-corrected chi connectivity index (χ4v) is 2.63. The van der Waals surface area contributed by atoms with E-state index in [0.29, 0.717) is 6.54 Å². The van der Waals surface area contributed by atoms with Gasteiger partial charge in [0.25, 0.3) is 0 Å². The minimum absolute atomic E-state index is 0.0102. The molecule has 2 unspecified atom stereocenters. The number of rotatable bonds is 2. The molecule has 1 aromatic rings. The zero-order valence-corrected chi connectivity index (χ0v) is 10.0. The molecule has 2 atom stereocenters. The number of fused-ring (bicyclic) bond motifs is 1. The van der Waals surface area contributed by atoms with Crippen molar-refractivity contribution >= 4 is 6.09 Å². The first-order chi connectivity index (χ1) is 8.74. The van der Waals surface area contributed by atoms with Crippen molar-refractivity contribution in [1.29, 1.82) is 0 Å². The number of benzene rings is 1. The van der Waals surface area contributed by atoms with Gasteiger partial charge in [0.05, 0.1) is 6.04 Å². The molecule has 0 aliphatic carbocycles. The van der Waals surface area contributed by atoms with Gasteiger partial charge in [-0.1, -0.05) is 12.1 Å². The Bertz CT molecular complexity index is 463. The SMILES string of the molecule is O=C1OC2CCNCC2N1Cc1cccc(O)c1. The number of aromatic hydroxyl groups is 1. The maximum atomic E-state index is 11.8. The summed E-state index contributed by atoms with van der Waals surface area (Å²) in [6.07, 6.45) is 0.626. The van der Waals surface area contributed by atoms with Crippen LogP contribution in [0.2, 0.25) is 0 Å². The summed E-state index contributed by atoms with van der Waals surface area (Å²) in [4.78, 5) is 13.6. The van der Waals surface area contributed by atoms with Gasteiger partial charge in [-0.2, -0.15) is 0 Å². The van der Waals surface area contributed by atoms with E-state index < -0.39 is 0 Å². The van der Waals surface area contributed by atoms with Gasteiger partial charge in [0.2, 0.25) is 0 Å². The number of nitrogens with zero attached hydrogens (tertiary/aromatic N) is 1. The van der Waals surface area contributed by atoms with Crippen molar-refractivity contribution in [3.05, 3.63) is 29.8 Å². The maximum absolute atomic E-state index is 11.8. The summed E-state index contributed by atoms with van der Waals surface area (Å²) in [5, 5.41) is 12.7. The van der Waals surface area contributed by atoms with Crippen LogP contribution in [0.1, 0.15) is 12.0 Å². The number of nitrogens with one attached hydrogen (secondary N) is 1. The molecule has 96 valence electrons. The van der Waals surface area contributed by atoms with Gasteiger partial charge in [-0.05, 0) is 30.7 Å². The van der Waals surface area contributed by atoms with E-state index in [1.807, 2.05) is 6.07 Å². The number of piperidine rings is 1. The lowest BCUT2D eigenvalue weighted by molar-refractivity contribution is 0.117. The molecule has 2 N–H and O–H groups in total. The summed E-state index contributed by atoms with van der Waals surface area (Å²) in [7, 11) is 0. The second-order valence-electron chi connectivity index (χ2n) is 4.78. The van der Waals surface area contributed by atoms with E-state index >= 15 is 0 Å². The van der Waals surface area contributed by atoms with E-state index in [-0.39, 0.29) is 24.0 Å². The molecule has 1 aromatic carbocycles. The highest BCUT2D eigenvalue weighted by molar-refractivity contribution is 5.71. The van der Waals surface area contributed by atoms with Crippen LogP contribution in [0.4, 0.5) is 4.79 Å². The van der Waals surface area contributed by atoms with Crippen LogP contribution in [-0.4, -0.2) is 41.3 Å². The van der Waals surface area contributed by atoms with Gasteiger partial charge >= 0.3 is 6.09 Å². The third-order valence-corrected chi connectivity index (χ3v) is 3.54.